The first-order valence-corrected chi connectivity index (χ1v) is 12.0. The summed E-state index contributed by atoms with van der Waals surface area (Å²) in [6.07, 6.45) is 5.69. The average molecular weight is 444 g/mol. The van der Waals surface area contributed by atoms with Gasteiger partial charge in [0.1, 0.15) is 10.7 Å². The number of hydrogen-bond acceptors (Lipinski definition) is 4. The SMILES string of the molecule is O=C(c1ccc(F)c(S(=O)(=O)NC2CC2)c1)N1CCN(CC=Cc2ccccc2)CC1. The molecule has 0 spiro atoms. The Morgan fingerprint density at radius 3 is 2.45 bits per heavy atom. The monoisotopic (exact) mass is 443 g/mol. The quantitative estimate of drug-likeness (QED) is 0.715. The van der Waals surface area contributed by atoms with E-state index in [0.717, 1.165) is 50.2 Å². The van der Waals surface area contributed by atoms with Crippen LogP contribution in [0.25, 0.3) is 6.08 Å². The Morgan fingerprint density at radius 2 is 1.77 bits per heavy atom. The van der Waals surface area contributed by atoms with Gasteiger partial charge in [0.25, 0.3) is 5.91 Å². The van der Waals surface area contributed by atoms with Gasteiger partial charge in [0.2, 0.25) is 10.0 Å². The molecule has 1 heterocycles. The highest BCUT2D eigenvalue weighted by atomic mass is 32.2. The van der Waals surface area contributed by atoms with Crippen molar-refractivity contribution in [3.8, 4) is 0 Å². The predicted octanol–water partition coefficient (Wildman–Crippen LogP) is 2.74. The third-order valence-electron chi connectivity index (χ3n) is 5.50. The maximum absolute atomic E-state index is 14.2. The molecule has 31 heavy (non-hydrogen) atoms. The van der Waals surface area contributed by atoms with Crippen LogP contribution in [0.4, 0.5) is 4.39 Å². The third-order valence-corrected chi connectivity index (χ3v) is 7.04. The summed E-state index contributed by atoms with van der Waals surface area (Å²) in [7, 11) is -3.97. The number of nitrogens with one attached hydrogen (secondary N) is 1. The van der Waals surface area contributed by atoms with Crippen molar-refractivity contribution in [3.63, 3.8) is 0 Å². The third kappa shape index (κ3) is 5.58. The van der Waals surface area contributed by atoms with E-state index in [9.17, 15) is 17.6 Å². The molecular formula is C23H26FN3O3S. The van der Waals surface area contributed by atoms with Crippen LogP contribution in [0, 0.1) is 5.82 Å². The topological polar surface area (TPSA) is 69.7 Å². The van der Waals surface area contributed by atoms with Crippen LogP contribution in [0.5, 0.6) is 0 Å². The van der Waals surface area contributed by atoms with Crippen molar-refractivity contribution in [2.45, 2.75) is 23.8 Å². The maximum Gasteiger partial charge on any atom is 0.253 e. The Kier molecular flexibility index (Phi) is 6.50. The minimum absolute atomic E-state index is 0.132. The molecule has 1 amide bonds. The molecule has 2 aliphatic rings. The van der Waals surface area contributed by atoms with E-state index in [1.54, 1.807) is 4.90 Å². The van der Waals surface area contributed by atoms with Gasteiger partial charge in [0.05, 0.1) is 0 Å². The lowest BCUT2D eigenvalue weighted by molar-refractivity contribution is 0.0650. The van der Waals surface area contributed by atoms with Gasteiger partial charge in [-0.2, -0.15) is 0 Å². The van der Waals surface area contributed by atoms with Crippen LogP contribution < -0.4 is 4.72 Å². The fraction of sp³-hybridized carbons (Fsp3) is 0.348. The van der Waals surface area contributed by atoms with Crippen molar-refractivity contribution in [1.29, 1.82) is 0 Å². The van der Waals surface area contributed by atoms with Crippen LogP contribution in [0.3, 0.4) is 0 Å². The van der Waals surface area contributed by atoms with E-state index < -0.39 is 20.7 Å². The van der Waals surface area contributed by atoms with E-state index in [-0.39, 0.29) is 17.5 Å². The smallest absolute Gasteiger partial charge is 0.253 e. The van der Waals surface area contributed by atoms with Gasteiger partial charge in [0.15, 0.2) is 0 Å². The van der Waals surface area contributed by atoms with E-state index in [2.05, 4.69) is 21.8 Å². The number of carbonyl (C=O) groups excluding carboxylic acids is 1. The summed E-state index contributed by atoms with van der Waals surface area (Å²) >= 11 is 0. The number of benzene rings is 2. The molecule has 2 fully saturated rings. The first-order chi connectivity index (χ1) is 14.9. The Bertz CT molecular complexity index is 1060. The highest BCUT2D eigenvalue weighted by Gasteiger charge is 2.31. The number of halogens is 1. The standard InChI is InChI=1S/C23H26FN3O3S/c24-21-11-8-19(17-22(21)31(29,30)25-20-9-10-20)23(28)27-15-13-26(14-16-27)12-4-7-18-5-2-1-3-6-18/h1-8,11,17,20,25H,9-10,12-16H2. The first kappa shape index (κ1) is 21.7. The van der Waals surface area contributed by atoms with Crippen molar-refractivity contribution >= 4 is 22.0 Å². The second-order valence-electron chi connectivity index (χ2n) is 7.95. The summed E-state index contributed by atoms with van der Waals surface area (Å²) in [5.74, 6) is -1.12. The number of nitrogens with zero attached hydrogens (tertiary/aromatic N) is 2. The van der Waals surface area contributed by atoms with Crippen LogP contribution in [0.2, 0.25) is 0 Å². The zero-order valence-corrected chi connectivity index (χ0v) is 18.0. The lowest BCUT2D eigenvalue weighted by atomic mass is 10.1. The van der Waals surface area contributed by atoms with Crippen LogP contribution >= 0.6 is 0 Å². The van der Waals surface area contributed by atoms with Gasteiger partial charge in [-0.05, 0) is 36.6 Å². The van der Waals surface area contributed by atoms with Crippen molar-refractivity contribution in [2.75, 3.05) is 32.7 Å². The van der Waals surface area contributed by atoms with Gasteiger partial charge in [-0.1, -0.05) is 42.5 Å². The fourth-order valence-corrected chi connectivity index (χ4v) is 4.95. The van der Waals surface area contributed by atoms with Crippen LogP contribution in [-0.2, 0) is 10.0 Å². The number of carbonyl (C=O) groups is 1. The molecule has 0 aromatic heterocycles. The minimum atomic E-state index is -3.97. The zero-order valence-electron chi connectivity index (χ0n) is 17.2. The molecule has 4 rings (SSSR count). The highest BCUT2D eigenvalue weighted by Crippen LogP contribution is 2.24. The Hall–Kier alpha value is -2.55. The predicted molar refractivity (Wildman–Crippen MR) is 118 cm³/mol. The average Bonchev–Trinajstić information content (AvgIpc) is 3.58. The van der Waals surface area contributed by atoms with Crippen molar-refractivity contribution < 1.29 is 17.6 Å². The minimum Gasteiger partial charge on any atom is -0.336 e. The normalized spacial score (nSPS) is 17.9. The zero-order chi connectivity index (χ0) is 21.8. The molecule has 1 saturated carbocycles. The number of rotatable bonds is 7. The van der Waals surface area contributed by atoms with Gasteiger partial charge in [-0.3, -0.25) is 9.69 Å². The largest absolute Gasteiger partial charge is 0.336 e. The second-order valence-corrected chi connectivity index (χ2v) is 9.63. The number of amides is 1. The maximum atomic E-state index is 14.2. The summed E-state index contributed by atoms with van der Waals surface area (Å²) in [6, 6.07) is 13.5. The fourth-order valence-electron chi connectivity index (χ4n) is 3.54. The number of sulfonamides is 1. The Balaban J connectivity index is 1.35. The van der Waals surface area contributed by atoms with Crippen LogP contribution in [0.1, 0.15) is 28.8 Å². The molecule has 0 radical (unpaired) electrons. The summed E-state index contributed by atoms with van der Waals surface area (Å²) in [5, 5.41) is 0. The molecule has 0 atom stereocenters. The molecule has 2 aromatic rings. The van der Waals surface area contributed by atoms with Gasteiger partial charge in [0, 0.05) is 44.3 Å². The molecule has 1 N–H and O–H groups in total. The first-order valence-electron chi connectivity index (χ1n) is 10.5. The van der Waals surface area contributed by atoms with Gasteiger partial charge >= 0.3 is 0 Å². The summed E-state index contributed by atoms with van der Waals surface area (Å²) in [5.41, 5.74) is 1.34. The summed E-state index contributed by atoms with van der Waals surface area (Å²) in [6.45, 7) is 3.32. The van der Waals surface area contributed by atoms with E-state index in [1.165, 1.54) is 6.07 Å². The van der Waals surface area contributed by atoms with E-state index in [1.807, 2.05) is 30.3 Å². The Morgan fingerprint density at radius 1 is 1.06 bits per heavy atom. The van der Waals surface area contributed by atoms with E-state index >= 15 is 0 Å². The van der Waals surface area contributed by atoms with Gasteiger partial charge in [-0.15, -0.1) is 0 Å². The summed E-state index contributed by atoms with van der Waals surface area (Å²) in [4.78, 5) is 16.4. The molecule has 0 bridgehead atoms. The van der Waals surface area contributed by atoms with Crippen molar-refractivity contribution in [2.24, 2.45) is 0 Å². The van der Waals surface area contributed by atoms with Crippen molar-refractivity contribution in [3.05, 3.63) is 71.6 Å². The van der Waals surface area contributed by atoms with E-state index in [4.69, 9.17) is 0 Å². The molecule has 6 nitrogen and oxygen atoms in total. The molecule has 1 aliphatic carbocycles. The molecule has 164 valence electrons. The Labute approximate surface area is 182 Å². The lowest BCUT2D eigenvalue weighted by Gasteiger charge is -2.34. The molecule has 8 heteroatoms. The molecule has 2 aromatic carbocycles. The van der Waals surface area contributed by atoms with Crippen LogP contribution in [-0.4, -0.2) is 62.9 Å². The molecule has 0 unspecified atom stereocenters. The van der Waals surface area contributed by atoms with Crippen LogP contribution in [0.15, 0.2) is 59.5 Å². The second kappa shape index (κ2) is 9.30. The molecule has 1 aliphatic heterocycles. The highest BCUT2D eigenvalue weighted by molar-refractivity contribution is 7.89. The van der Waals surface area contributed by atoms with Gasteiger partial charge in [-0.25, -0.2) is 17.5 Å². The molecule has 1 saturated heterocycles. The van der Waals surface area contributed by atoms with Crippen molar-refractivity contribution in [1.82, 2.24) is 14.5 Å². The van der Waals surface area contributed by atoms with Gasteiger partial charge < -0.3 is 4.90 Å². The number of hydrogen-bond donors (Lipinski definition) is 1. The summed E-state index contributed by atoms with van der Waals surface area (Å²) < 4.78 is 41.5. The molecular weight excluding hydrogens is 417 g/mol. The number of piperazine rings is 1. The van der Waals surface area contributed by atoms with E-state index in [0.29, 0.717) is 13.1 Å². The lowest BCUT2D eigenvalue weighted by Crippen LogP contribution is -2.48.